The Hall–Kier alpha value is -1.29. The minimum absolute atomic E-state index is 0.0258. The average Bonchev–Trinajstić information content (AvgIpc) is 2.79. The van der Waals surface area contributed by atoms with Gasteiger partial charge in [0.25, 0.3) is 0 Å². The van der Waals surface area contributed by atoms with E-state index in [0.717, 1.165) is 31.1 Å². The molecule has 1 aromatic rings. The maximum Gasteiger partial charge on any atom is 0.0689 e. The lowest BCUT2D eigenvalue weighted by Gasteiger charge is -2.35. The summed E-state index contributed by atoms with van der Waals surface area (Å²) in [5, 5.41) is 9.79. The average molecular weight is 394 g/mol. The Morgan fingerprint density at radius 3 is 1.86 bits per heavy atom. The molecule has 1 nitrogen and oxygen atoms in total. The summed E-state index contributed by atoms with van der Waals surface area (Å²) in [6, 6.07) is 12.4. The van der Waals surface area contributed by atoms with E-state index in [1.165, 1.54) is 82.6 Å². The number of benzene rings is 1. The monoisotopic (exact) mass is 393 g/mol. The van der Waals surface area contributed by atoms with Gasteiger partial charge < -0.3 is 0 Å². The van der Waals surface area contributed by atoms with E-state index in [9.17, 15) is 5.26 Å². The van der Waals surface area contributed by atoms with Gasteiger partial charge in [-0.3, -0.25) is 0 Å². The molecule has 0 atom stereocenters. The largest absolute Gasteiger partial charge is 0.198 e. The van der Waals surface area contributed by atoms with Gasteiger partial charge >= 0.3 is 0 Å². The number of hydrogen-bond acceptors (Lipinski definition) is 1. The molecule has 0 saturated heterocycles. The van der Waals surface area contributed by atoms with E-state index < -0.39 is 0 Å². The molecule has 29 heavy (non-hydrogen) atoms. The van der Waals surface area contributed by atoms with E-state index in [-0.39, 0.29) is 5.41 Å². The van der Waals surface area contributed by atoms with E-state index in [2.05, 4.69) is 44.2 Å². The van der Waals surface area contributed by atoms with Crippen LogP contribution in [0.5, 0.6) is 0 Å². The molecule has 0 unspecified atom stereocenters. The van der Waals surface area contributed by atoms with Crippen LogP contribution in [-0.4, -0.2) is 0 Å². The molecular formula is C28H43N. The van der Waals surface area contributed by atoms with Crippen molar-refractivity contribution in [1.82, 2.24) is 0 Å². The molecule has 0 amide bonds. The summed E-state index contributed by atoms with van der Waals surface area (Å²) in [5.41, 5.74) is 3.07. The molecule has 0 N–H and O–H groups in total. The maximum absolute atomic E-state index is 9.79. The van der Waals surface area contributed by atoms with Gasteiger partial charge in [-0.1, -0.05) is 76.6 Å². The van der Waals surface area contributed by atoms with Crippen molar-refractivity contribution in [2.75, 3.05) is 0 Å². The van der Waals surface area contributed by atoms with Crippen LogP contribution in [-0.2, 0) is 0 Å². The fraction of sp³-hybridized carbons (Fsp3) is 0.750. The van der Waals surface area contributed by atoms with Crippen molar-refractivity contribution in [3.05, 3.63) is 35.4 Å². The summed E-state index contributed by atoms with van der Waals surface area (Å²) >= 11 is 0. The highest BCUT2D eigenvalue weighted by molar-refractivity contribution is 5.29. The first-order chi connectivity index (χ1) is 14.2. The summed E-state index contributed by atoms with van der Waals surface area (Å²) in [7, 11) is 0. The first kappa shape index (κ1) is 22.4. The van der Waals surface area contributed by atoms with Gasteiger partial charge in [0, 0.05) is 0 Å². The summed E-state index contributed by atoms with van der Waals surface area (Å²) in [6.45, 7) is 4.56. The molecule has 0 aliphatic heterocycles. The number of nitrogens with zero attached hydrogens (tertiary/aromatic N) is 1. The number of nitriles is 1. The minimum Gasteiger partial charge on any atom is -0.198 e. The third-order valence-corrected chi connectivity index (χ3v) is 8.13. The molecule has 2 saturated carbocycles. The highest BCUT2D eigenvalue weighted by Gasteiger charge is 2.35. The fourth-order valence-electron chi connectivity index (χ4n) is 5.95. The van der Waals surface area contributed by atoms with Crippen molar-refractivity contribution >= 4 is 0 Å². The normalized spacial score (nSPS) is 30.0. The lowest BCUT2D eigenvalue weighted by atomic mass is 9.67. The molecule has 2 fully saturated rings. The van der Waals surface area contributed by atoms with Crippen molar-refractivity contribution in [3.63, 3.8) is 0 Å². The second kappa shape index (κ2) is 11.2. The van der Waals surface area contributed by atoms with Crippen LogP contribution in [0.2, 0.25) is 0 Å². The van der Waals surface area contributed by atoms with E-state index in [0.29, 0.717) is 5.92 Å². The molecule has 1 aromatic carbocycles. The van der Waals surface area contributed by atoms with Crippen LogP contribution in [0.4, 0.5) is 0 Å². The van der Waals surface area contributed by atoms with E-state index in [1.54, 1.807) is 5.56 Å². The van der Waals surface area contributed by atoms with E-state index in [4.69, 9.17) is 0 Å². The molecule has 0 bridgehead atoms. The highest BCUT2D eigenvalue weighted by atomic mass is 14.4. The summed E-state index contributed by atoms with van der Waals surface area (Å²) < 4.78 is 0. The zero-order valence-corrected chi connectivity index (χ0v) is 19.1. The van der Waals surface area contributed by atoms with Gasteiger partial charge in [-0.05, 0) is 86.7 Å². The van der Waals surface area contributed by atoms with Crippen molar-refractivity contribution in [2.24, 2.45) is 11.3 Å². The second-order valence-corrected chi connectivity index (χ2v) is 10.2. The Morgan fingerprint density at radius 2 is 1.34 bits per heavy atom. The zero-order valence-electron chi connectivity index (χ0n) is 19.1. The van der Waals surface area contributed by atoms with Crippen molar-refractivity contribution < 1.29 is 0 Å². The molecule has 2 aliphatic rings. The molecule has 0 aromatic heterocycles. The predicted molar refractivity (Wildman–Crippen MR) is 124 cm³/mol. The Morgan fingerprint density at radius 1 is 0.793 bits per heavy atom. The van der Waals surface area contributed by atoms with Gasteiger partial charge in [0.05, 0.1) is 11.5 Å². The molecule has 0 spiro atoms. The van der Waals surface area contributed by atoms with Crippen LogP contribution in [0.25, 0.3) is 0 Å². The lowest BCUT2D eigenvalue weighted by Crippen LogP contribution is -2.25. The Balaban J connectivity index is 1.49. The standard InChI is InChI=1S/C28H43N/c1-3-5-7-19-28(22-29)20-17-27(18-21-28)26-15-13-25(14-16-26)24-11-9-23(10-12-24)8-6-4-2/h13-16,23-24,27H,3-12,17-21H2,1-2H3/t23-,24-,27-,28-. The molecule has 0 radical (unpaired) electrons. The van der Waals surface area contributed by atoms with Gasteiger partial charge in [-0.15, -0.1) is 0 Å². The van der Waals surface area contributed by atoms with Gasteiger partial charge in [-0.25, -0.2) is 0 Å². The predicted octanol–water partition coefficient (Wildman–Crippen LogP) is 8.90. The Bertz CT molecular complexity index is 621. The number of rotatable bonds is 9. The van der Waals surface area contributed by atoms with Gasteiger partial charge in [0.1, 0.15) is 0 Å². The van der Waals surface area contributed by atoms with Crippen LogP contribution in [0.15, 0.2) is 24.3 Å². The van der Waals surface area contributed by atoms with Gasteiger partial charge in [0.15, 0.2) is 0 Å². The van der Waals surface area contributed by atoms with Crippen LogP contribution in [0.1, 0.15) is 133 Å². The number of unbranched alkanes of at least 4 members (excludes halogenated alkanes) is 3. The van der Waals surface area contributed by atoms with Gasteiger partial charge in [-0.2, -0.15) is 5.26 Å². The van der Waals surface area contributed by atoms with Crippen LogP contribution < -0.4 is 0 Å². The van der Waals surface area contributed by atoms with Crippen molar-refractivity contribution in [1.29, 1.82) is 5.26 Å². The molecule has 2 aliphatic carbocycles. The first-order valence-electron chi connectivity index (χ1n) is 12.7. The zero-order chi connectivity index (χ0) is 20.5. The molecule has 1 heteroatoms. The van der Waals surface area contributed by atoms with Gasteiger partial charge in [0.2, 0.25) is 0 Å². The smallest absolute Gasteiger partial charge is 0.0689 e. The Labute approximate surface area is 180 Å². The first-order valence-corrected chi connectivity index (χ1v) is 12.7. The Kier molecular flexibility index (Phi) is 8.65. The van der Waals surface area contributed by atoms with Crippen molar-refractivity contribution in [3.8, 4) is 6.07 Å². The fourth-order valence-corrected chi connectivity index (χ4v) is 5.95. The number of hydrogen-bond donors (Lipinski definition) is 0. The van der Waals surface area contributed by atoms with Crippen LogP contribution in [0, 0.1) is 22.7 Å². The third kappa shape index (κ3) is 6.10. The third-order valence-electron chi connectivity index (χ3n) is 8.13. The topological polar surface area (TPSA) is 23.8 Å². The quantitative estimate of drug-likeness (QED) is 0.384. The molecule has 160 valence electrons. The lowest BCUT2D eigenvalue weighted by molar-refractivity contribution is 0.223. The minimum atomic E-state index is -0.0258. The second-order valence-electron chi connectivity index (χ2n) is 10.2. The van der Waals surface area contributed by atoms with Crippen LogP contribution in [0.3, 0.4) is 0 Å². The SMILES string of the molecule is CCCCC[C@]1(C#N)CC[C@H](c2ccc([C@H]3CC[C@H](CCCC)CC3)cc2)CC1. The summed E-state index contributed by atoms with van der Waals surface area (Å²) in [6.07, 6.45) is 19.3. The molecular weight excluding hydrogens is 350 g/mol. The molecule has 0 heterocycles. The summed E-state index contributed by atoms with van der Waals surface area (Å²) in [4.78, 5) is 0. The summed E-state index contributed by atoms with van der Waals surface area (Å²) in [5.74, 6) is 2.45. The van der Waals surface area contributed by atoms with Crippen LogP contribution >= 0.6 is 0 Å². The highest BCUT2D eigenvalue weighted by Crippen LogP contribution is 2.46. The van der Waals surface area contributed by atoms with Crippen molar-refractivity contribution in [2.45, 2.75) is 122 Å². The maximum atomic E-state index is 9.79. The van der Waals surface area contributed by atoms with E-state index >= 15 is 0 Å². The van der Waals surface area contributed by atoms with E-state index in [1.807, 2.05) is 0 Å². The molecule has 3 rings (SSSR count).